The van der Waals surface area contributed by atoms with Crippen molar-refractivity contribution in [1.82, 2.24) is 0 Å². The summed E-state index contributed by atoms with van der Waals surface area (Å²) in [6, 6.07) is 14.0. The molecule has 1 N–H and O–H groups in total. The molecule has 0 bridgehead atoms. The number of hydrogen-bond donors (Lipinski definition) is 1. The van der Waals surface area contributed by atoms with Crippen LogP contribution in [0.3, 0.4) is 0 Å². The van der Waals surface area contributed by atoms with E-state index in [1.165, 1.54) is 0 Å². The minimum Gasteiger partial charge on any atom is -0.456 e. The largest absolute Gasteiger partial charge is 0.456 e. The van der Waals surface area contributed by atoms with Crippen LogP contribution >= 0.6 is 11.6 Å². The van der Waals surface area contributed by atoms with E-state index in [0.717, 1.165) is 0 Å². The monoisotopic (exact) mass is 259 g/mol. The van der Waals surface area contributed by atoms with E-state index >= 15 is 0 Å². The minimum absolute atomic E-state index is 0.219. The van der Waals surface area contributed by atoms with Gasteiger partial charge >= 0.3 is 0 Å². The lowest BCUT2D eigenvalue weighted by atomic mass is 10.2. The summed E-state index contributed by atoms with van der Waals surface area (Å²) in [7, 11) is 0. The van der Waals surface area contributed by atoms with Gasteiger partial charge in [-0.25, -0.2) is 0 Å². The third-order valence-corrected chi connectivity index (χ3v) is 2.82. The summed E-state index contributed by atoms with van der Waals surface area (Å²) in [4.78, 5) is 0. The van der Waals surface area contributed by atoms with Gasteiger partial charge in [-0.15, -0.1) is 0 Å². The maximum absolute atomic E-state index is 9.27. The molecule has 0 aliphatic heterocycles. The molecule has 0 aliphatic rings. The molecule has 2 rings (SSSR count). The molecule has 2 aromatic rings. The van der Waals surface area contributed by atoms with Crippen LogP contribution in [0.25, 0.3) is 0 Å². The number of benzene rings is 2. The normalized spacial score (nSPS) is 9.83. The van der Waals surface area contributed by atoms with Crippen LogP contribution in [0.15, 0.2) is 42.5 Å². The van der Waals surface area contributed by atoms with Gasteiger partial charge in [-0.05, 0) is 24.3 Å². The number of rotatable bonds is 3. The molecule has 0 radical (unpaired) electrons. The van der Waals surface area contributed by atoms with Gasteiger partial charge in [0.25, 0.3) is 0 Å². The fraction of sp³-hybridized carbons (Fsp3) is 0.0714. The number of aliphatic hydroxyl groups is 1. The van der Waals surface area contributed by atoms with Crippen LogP contribution in [0.2, 0.25) is 5.02 Å². The van der Waals surface area contributed by atoms with Crippen LogP contribution in [0.5, 0.6) is 11.5 Å². The molecule has 3 nitrogen and oxygen atoms in total. The SMILES string of the molecule is N#Cc1ccccc1Oc1cccc(Cl)c1CO. The molecule has 90 valence electrons. The van der Waals surface area contributed by atoms with Gasteiger partial charge < -0.3 is 9.84 Å². The first kappa shape index (κ1) is 12.4. The Kier molecular flexibility index (Phi) is 3.83. The molecule has 0 unspecified atom stereocenters. The average Bonchev–Trinajstić information content (AvgIpc) is 2.40. The number of nitriles is 1. The zero-order valence-electron chi connectivity index (χ0n) is 9.43. The molecule has 0 fully saturated rings. The van der Waals surface area contributed by atoms with Crippen LogP contribution in [0, 0.1) is 11.3 Å². The average molecular weight is 260 g/mol. The molecule has 0 heterocycles. The second-order valence-corrected chi connectivity index (χ2v) is 3.99. The van der Waals surface area contributed by atoms with Crippen molar-refractivity contribution in [2.45, 2.75) is 6.61 Å². The van der Waals surface area contributed by atoms with Crippen molar-refractivity contribution in [2.75, 3.05) is 0 Å². The quantitative estimate of drug-likeness (QED) is 0.918. The van der Waals surface area contributed by atoms with Gasteiger partial charge in [0.05, 0.1) is 12.2 Å². The molecule has 0 saturated heterocycles. The van der Waals surface area contributed by atoms with Crippen molar-refractivity contribution >= 4 is 11.6 Å². The first-order valence-corrected chi connectivity index (χ1v) is 5.69. The Bertz CT molecular complexity index is 605. The Hall–Kier alpha value is -2.02. The van der Waals surface area contributed by atoms with Gasteiger partial charge in [-0.1, -0.05) is 29.8 Å². The van der Waals surface area contributed by atoms with E-state index in [1.807, 2.05) is 6.07 Å². The lowest BCUT2D eigenvalue weighted by Gasteiger charge is -2.11. The Morgan fingerprint density at radius 1 is 1.11 bits per heavy atom. The van der Waals surface area contributed by atoms with Crippen LogP contribution in [0.4, 0.5) is 0 Å². The van der Waals surface area contributed by atoms with Crippen molar-refractivity contribution in [2.24, 2.45) is 0 Å². The third kappa shape index (κ3) is 2.45. The van der Waals surface area contributed by atoms with Gasteiger partial charge in [0, 0.05) is 10.6 Å². The molecule has 0 saturated carbocycles. The Morgan fingerprint density at radius 3 is 2.56 bits per heavy atom. The molecule has 0 amide bonds. The highest BCUT2D eigenvalue weighted by Crippen LogP contribution is 2.31. The molecule has 0 aliphatic carbocycles. The van der Waals surface area contributed by atoms with E-state index in [1.54, 1.807) is 42.5 Å². The summed E-state index contributed by atoms with van der Waals surface area (Å²) >= 11 is 5.96. The number of halogens is 1. The highest BCUT2D eigenvalue weighted by Gasteiger charge is 2.10. The molecule has 0 atom stereocenters. The Labute approximate surface area is 110 Å². The van der Waals surface area contributed by atoms with Gasteiger partial charge in [0.1, 0.15) is 17.6 Å². The maximum atomic E-state index is 9.27. The fourth-order valence-electron chi connectivity index (χ4n) is 1.55. The van der Waals surface area contributed by atoms with Gasteiger partial charge in [-0.2, -0.15) is 5.26 Å². The van der Waals surface area contributed by atoms with Crippen LogP contribution in [-0.2, 0) is 6.61 Å². The number of para-hydroxylation sites is 1. The van der Waals surface area contributed by atoms with E-state index in [2.05, 4.69) is 0 Å². The summed E-state index contributed by atoms with van der Waals surface area (Å²) in [5.74, 6) is 0.893. The number of ether oxygens (including phenoxy) is 1. The molecule has 18 heavy (non-hydrogen) atoms. The smallest absolute Gasteiger partial charge is 0.145 e. The summed E-state index contributed by atoms with van der Waals surface area (Å²) in [6.45, 7) is -0.219. The number of nitrogens with zero attached hydrogens (tertiary/aromatic N) is 1. The predicted octanol–water partition coefficient (Wildman–Crippen LogP) is 3.50. The van der Waals surface area contributed by atoms with Gasteiger partial charge in [-0.3, -0.25) is 0 Å². The number of hydrogen-bond acceptors (Lipinski definition) is 3. The summed E-state index contributed by atoms with van der Waals surface area (Å²) in [5, 5.41) is 18.7. The van der Waals surface area contributed by atoms with Crippen LogP contribution < -0.4 is 4.74 Å². The Balaban J connectivity index is 2.41. The minimum atomic E-state index is -0.219. The van der Waals surface area contributed by atoms with Gasteiger partial charge in [0.2, 0.25) is 0 Å². The zero-order chi connectivity index (χ0) is 13.0. The molecule has 0 spiro atoms. The lowest BCUT2D eigenvalue weighted by molar-refractivity contribution is 0.276. The van der Waals surface area contributed by atoms with Gasteiger partial charge in [0.15, 0.2) is 0 Å². The first-order valence-electron chi connectivity index (χ1n) is 5.31. The van der Waals surface area contributed by atoms with E-state index < -0.39 is 0 Å². The Morgan fingerprint density at radius 2 is 1.83 bits per heavy atom. The van der Waals surface area contributed by atoms with Crippen LogP contribution in [-0.4, -0.2) is 5.11 Å². The maximum Gasteiger partial charge on any atom is 0.145 e. The summed E-state index contributed by atoms with van der Waals surface area (Å²) < 4.78 is 5.64. The second-order valence-electron chi connectivity index (χ2n) is 3.58. The van der Waals surface area contributed by atoms with E-state index in [0.29, 0.717) is 27.6 Å². The second kappa shape index (κ2) is 5.54. The molecule has 0 aromatic heterocycles. The predicted molar refractivity (Wildman–Crippen MR) is 68.6 cm³/mol. The highest BCUT2D eigenvalue weighted by atomic mass is 35.5. The van der Waals surface area contributed by atoms with Crippen molar-refractivity contribution in [3.8, 4) is 17.6 Å². The standard InChI is InChI=1S/C14H10ClNO2/c15-12-5-3-7-14(11(12)9-17)18-13-6-2-1-4-10(13)8-16/h1-7,17H,9H2. The van der Waals surface area contributed by atoms with Crippen molar-refractivity contribution < 1.29 is 9.84 Å². The van der Waals surface area contributed by atoms with Crippen molar-refractivity contribution in [1.29, 1.82) is 5.26 Å². The molecular weight excluding hydrogens is 250 g/mol. The molecular formula is C14H10ClNO2. The summed E-state index contributed by atoms with van der Waals surface area (Å²) in [6.07, 6.45) is 0. The first-order chi connectivity index (χ1) is 8.76. The lowest BCUT2D eigenvalue weighted by Crippen LogP contribution is -1.94. The third-order valence-electron chi connectivity index (χ3n) is 2.46. The van der Waals surface area contributed by atoms with Crippen molar-refractivity contribution in [3.05, 3.63) is 58.6 Å². The molecule has 2 aromatic carbocycles. The van der Waals surface area contributed by atoms with Crippen LogP contribution in [0.1, 0.15) is 11.1 Å². The zero-order valence-corrected chi connectivity index (χ0v) is 10.2. The molecule has 4 heteroatoms. The van der Waals surface area contributed by atoms with Crippen molar-refractivity contribution in [3.63, 3.8) is 0 Å². The topological polar surface area (TPSA) is 53.2 Å². The number of aliphatic hydroxyl groups excluding tert-OH is 1. The van der Waals surface area contributed by atoms with E-state index in [9.17, 15) is 5.11 Å². The van der Waals surface area contributed by atoms with E-state index in [4.69, 9.17) is 21.6 Å². The highest BCUT2D eigenvalue weighted by molar-refractivity contribution is 6.31. The van der Waals surface area contributed by atoms with E-state index in [-0.39, 0.29) is 6.61 Å². The fourth-order valence-corrected chi connectivity index (χ4v) is 1.78. The summed E-state index contributed by atoms with van der Waals surface area (Å²) in [5.41, 5.74) is 0.938.